The summed E-state index contributed by atoms with van der Waals surface area (Å²) in [7, 11) is 0. The lowest BCUT2D eigenvalue weighted by Crippen LogP contribution is -2.14. The van der Waals surface area contributed by atoms with Gasteiger partial charge in [-0.05, 0) is 65.2 Å². The Balaban J connectivity index is 1.55. The molecular weight excluding hydrogens is 382 g/mol. The molecule has 3 rings (SSSR count). The monoisotopic (exact) mass is 401 g/mol. The van der Waals surface area contributed by atoms with Crippen molar-refractivity contribution >= 4 is 35.0 Å². The number of benzene rings is 2. The first-order valence-electron chi connectivity index (χ1n) is 8.71. The Bertz CT molecular complexity index is 880. The SMILES string of the molecule is CCCCc1ccc(NC(=O)CSc2nnnn2-c2ccc(Cl)cc2)cc1. The van der Waals surface area contributed by atoms with Crippen molar-refractivity contribution < 1.29 is 4.79 Å². The van der Waals surface area contributed by atoms with Gasteiger partial charge in [0.2, 0.25) is 11.1 Å². The van der Waals surface area contributed by atoms with E-state index in [1.54, 1.807) is 16.8 Å². The molecule has 0 bridgehead atoms. The summed E-state index contributed by atoms with van der Waals surface area (Å²) in [6.07, 6.45) is 3.41. The van der Waals surface area contributed by atoms with E-state index < -0.39 is 0 Å². The van der Waals surface area contributed by atoms with E-state index in [0.29, 0.717) is 10.2 Å². The average molecular weight is 402 g/mol. The maximum atomic E-state index is 12.2. The van der Waals surface area contributed by atoms with Crippen molar-refractivity contribution in [2.24, 2.45) is 0 Å². The molecular formula is C19H20ClN5OS. The maximum Gasteiger partial charge on any atom is 0.234 e. The number of amides is 1. The molecule has 0 fully saturated rings. The Morgan fingerprint density at radius 3 is 2.59 bits per heavy atom. The van der Waals surface area contributed by atoms with Crippen LogP contribution in [0, 0.1) is 0 Å². The zero-order valence-corrected chi connectivity index (χ0v) is 16.5. The maximum absolute atomic E-state index is 12.2. The summed E-state index contributed by atoms with van der Waals surface area (Å²) in [5.41, 5.74) is 2.86. The molecule has 0 radical (unpaired) electrons. The van der Waals surface area contributed by atoms with Crippen molar-refractivity contribution in [3.63, 3.8) is 0 Å². The molecule has 0 aliphatic carbocycles. The number of tetrazole rings is 1. The number of carbonyl (C=O) groups is 1. The number of rotatable bonds is 8. The summed E-state index contributed by atoms with van der Waals surface area (Å²) < 4.78 is 1.58. The van der Waals surface area contributed by atoms with E-state index in [4.69, 9.17) is 11.6 Å². The Morgan fingerprint density at radius 1 is 1.15 bits per heavy atom. The number of hydrogen-bond acceptors (Lipinski definition) is 5. The second-order valence-corrected chi connectivity index (χ2v) is 7.37. The van der Waals surface area contributed by atoms with E-state index in [-0.39, 0.29) is 11.7 Å². The smallest absolute Gasteiger partial charge is 0.234 e. The Morgan fingerprint density at radius 2 is 1.89 bits per heavy atom. The molecule has 0 unspecified atom stereocenters. The minimum atomic E-state index is -0.105. The first kappa shape index (κ1) is 19.4. The van der Waals surface area contributed by atoms with E-state index in [9.17, 15) is 4.79 Å². The van der Waals surface area contributed by atoms with Crippen LogP contribution in [-0.2, 0) is 11.2 Å². The van der Waals surface area contributed by atoms with E-state index >= 15 is 0 Å². The largest absolute Gasteiger partial charge is 0.325 e. The van der Waals surface area contributed by atoms with Crippen molar-refractivity contribution in [1.82, 2.24) is 20.2 Å². The normalized spacial score (nSPS) is 10.7. The van der Waals surface area contributed by atoms with Gasteiger partial charge in [-0.3, -0.25) is 4.79 Å². The van der Waals surface area contributed by atoms with Crippen LogP contribution in [0.15, 0.2) is 53.7 Å². The molecule has 1 heterocycles. The van der Waals surface area contributed by atoms with Crippen LogP contribution >= 0.6 is 23.4 Å². The van der Waals surface area contributed by atoms with Gasteiger partial charge in [0.05, 0.1) is 11.4 Å². The quantitative estimate of drug-likeness (QED) is 0.567. The van der Waals surface area contributed by atoms with Gasteiger partial charge >= 0.3 is 0 Å². The van der Waals surface area contributed by atoms with Gasteiger partial charge in [0.1, 0.15) is 0 Å². The molecule has 140 valence electrons. The summed E-state index contributed by atoms with van der Waals surface area (Å²) in [6, 6.07) is 15.2. The van der Waals surface area contributed by atoms with Crippen LogP contribution in [0.25, 0.3) is 5.69 Å². The molecule has 2 aromatic carbocycles. The van der Waals surface area contributed by atoms with E-state index in [2.05, 4.69) is 39.9 Å². The standard InChI is InChI=1S/C19H20ClN5OS/c1-2-3-4-14-5-9-16(10-6-14)21-18(26)13-27-19-22-23-24-25(19)17-11-7-15(20)8-12-17/h5-12H,2-4,13H2,1H3,(H,21,26). The topological polar surface area (TPSA) is 72.7 Å². The number of aromatic nitrogens is 4. The summed E-state index contributed by atoms with van der Waals surface area (Å²) >= 11 is 7.18. The number of nitrogens with zero attached hydrogens (tertiary/aromatic N) is 4. The van der Waals surface area contributed by atoms with Crippen molar-refractivity contribution in [3.05, 3.63) is 59.1 Å². The van der Waals surface area contributed by atoms with Gasteiger partial charge in [-0.2, -0.15) is 4.68 Å². The van der Waals surface area contributed by atoms with Gasteiger partial charge in [-0.1, -0.05) is 48.8 Å². The lowest BCUT2D eigenvalue weighted by molar-refractivity contribution is -0.113. The van der Waals surface area contributed by atoms with Crippen molar-refractivity contribution in [1.29, 1.82) is 0 Å². The third-order valence-electron chi connectivity index (χ3n) is 3.90. The van der Waals surface area contributed by atoms with Crippen LogP contribution in [0.2, 0.25) is 5.02 Å². The minimum absolute atomic E-state index is 0.105. The van der Waals surface area contributed by atoms with Gasteiger partial charge in [-0.15, -0.1) is 5.10 Å². The number of unbranched alkanes of at least 4 members (excludes halogenated alkanes) is 1. The second-order valence-electron chi connectivity index (χ2n) is 5.99. The fourth-order valence-corrected chi connectivity index (χ4v) is 3.29. The number of carbonyl (C=O) groups excluding carboxylic acids is 1. The van der Waals surface area contributed by atoms with Crippen LogP contribution in [0.5, 0.6) is 0 Å². The zero-order chi connectivity index (χ0) is 19.1. The Labute approximate surface area is 167 Å². The zero-order valence-electron chi connectivity index (χ0n) is 14.9. The lowest BCUT2D eigenvalue weighted by atomic mass is 10.1. The molecule has 0 saturated heterocycles. The van der Waals surface area contributed by atoms with Crippen LogP contribution in [-0.4, -0.2) is 31.9 Å². The third kappa shape index (κ3) is 5.55. The lowest BCUT2D eigenvalue weighted by Gasteiger charge is -2.07. The van der Waals surface area contributed by atoms with Gasteiger partial charge in [-0.25, -0.2) is 0 Å². The van der Waals surface area contributed by atoms with Crippen molar-refractivity contribution in [3.8, 4) is 5.69 Å². The molecule has 8 heteroatoms. The van der Waals surface area contributed by atoms with Crippen LogP contribution in [0.3, 0.4) is 0 Å². The highest BCUT2D eigenvalue weighted by Gasteiger charge is 2.12. The highest BCUT2D eigenvalue weighted by Crippen LogP contribution is 2.20. The molecule has 0 aliphatic heterocycles. The fraction of sp³-hybridized carbons (Fsp3) is 0.263. The predicted molar refractivity (Wildman–Crippen MR) is 109 cm³/mol. The Kier molecular flexibility index (Phi) is 6.84. The number of aryl methyl sites for hydroxylation is 1. The Hall–Kier alpha value is -2.38. The minimum Gasteiger partial charge on any atom is -0.325 e. The number of halogens is 1. The average Bonchev–Trinajstić information content (AvgIpc) is 3.15. The number of nitrogens with one attached hydrogen (secondary N) is 1. The predicted octanol–water partition coefficient (Wildman–Crippen LogP) is 4.39. The number of anilines is 1. The fourth-order valence-electron chi connectivity index (χ4n) is 2.48. The molecule has 3 aromatic rings. The number of hydrogen-bond donors (Lipinski definition) is 1. The molecule has 0 atom stereocenters. The summed E-state index contributed by atoms with van der Waals surface area (Å²) in [4.78, 5) is 12.2. The van der Waals surface area contributed by atoms with E-state index in [1.165, 1.54) is 30.2 Å². The van der Waals surface area contributed by atoms with Crippen molar-refractivity contribution in [2.45, 2.75) is 31.3 Å². The molecule has 1 aromatic heterocycles. The highest BCUT2D eigenvalue weighted by molar-refractivity contribution is 7.99. The van der Waals surface area contributed by atoms with Crippen LogP contribution in [0.4, 0.5) is 5.69 Å². The highest BCUT2D eigenvalue weighted by atomic mass is 35.5. The molecule has 1 amide bonds. The second kappa shape index (κ2) is 9.53. The molecule has 0 aliphatic rings. The van der Waals surface area contributed by atoms with E-state index in [1.807, 2.05) is 24.3 Å². The molecule has 27 heavy (non-hydrogen) atoms. The van der Waals surface area contributed by atoms with Crippen molar-refractivity contribution in [2.75, 3.05) is 11.1 Å². The first-order chi connectivity index (χ1) is 13.2. The molecule has 1 N–H and O–H groups in total. The summed E-state index contributed by atoms with van der Waals surface area (Å²) in [5, 5.41) is 15.7. The molecule has 6 nitrogen and oxygen atoms in total. The molecule has 0 saturated carbocycles. The summed E-state index contributed by atoms with van der Waals surface area (Å²) in [5.74, 6) is 0.109. The number of thioether (sulfide) groups is 1. The van der Waals surface area contributed by atoms with Crippen LogP contribution < -0.4 is 5.32 Å². The van der Waals surface area contributed by atoms with Crippen LogP contribution in [0.1, 0.15) is 25.3 Å². The van der Waals surface area contributed by atoms with Gasteiger partial charge in [0.25, 0.3) is 0 Å². The van der Waals surface area contributed by atoms with E-state index in [0.717, 1.165) is 17.8 Å². The molecule has 0 spiro atoms. The summed E-state index contributed by atoms with van der Waals surface area (Å²) in [6.45, 7) is 2.18. The van der Waals surface area contributed by atoms with Gasteiger partial charge < -0.3 is 5.32 Å². The third-order valence-corrected chi connectivity index (χ3v) is 5.07. The van der Waals surface area contributed by atoms with Gasteiger partial charge in [0.15, 0.2) is 0 Å². The van der Waals surface area contributed by atoms with Gasteiger partial charge in [0, 0.05) is 10.7 Å². The first-order valence-corrected chi connectivity index (χ1v) is 10.1.